The molecule has 4 aromatic carbocycles. The standard InChI is InChI=1S/C24H18BNO2/c27-25(28)19-12-14-24-22(16-19)21-15-18(17-7-3-1-4-8-17)11-13-23(21)26(24)20-9-5-2-6-10-20/h1-16,27-28H/i1D,3D,4D,7D,8D. The lowest BCUT2D eigenvalue weighted by Crippen LogP contribution is -2.29. The normalized spacial score (nSPS) is 13.7. The summed E-state index contributed by atoms with van der Waals surface area (Å²) in [5.41, 5.74) is 3.56. The topological polar surface area (TPSA) is 45.4 Å². The molecule has 134 valence electrons. The van der Waals surface area contributed by atoms with Gasteiger partial charge in [-0.1, -0.05) is 66.6 Å². The van der Waals surface area contributed by atoms with Crippen molar-refractivity contribution in [1.29, 1.82) is 0 Å². The highest BCUT2D eigenvalue weighted by atomic mass is 16.4. The molecule has 0 spiro atoms. The zero-order chi connectivity index (χ0) is 23.4. The van der Waals surface area contributed by atoms with E-state index >= 15 is 0 Å². The van der Waals surface area contributed by atoms with E-state index in [-0.39, 0.29) is 29.7 Å². The Labute approximate surface area is 170 Å². The molecule has 3 nitrogen and oxygen atoms in total. The van der Waals surface area contributed by atoms with Crippen molar-refractivity contribution in [3.05, 3.63) is 96.9 Å². The number of nitrogens with zero attached hydrogens (tertiary/aromatic N) is 1. The van der Waals surface area contributed by atoms with Crippen LogP contribution in [0.4, 0.5) is 0 Å². The molecule has 4 heteroatoms. The van der Waals surface area contributed by atoms with E-state index in [9.17, 15) is 10.0 Å². The highest BCUT2D eigenvalue weighted by molar-refractivity contribution is 6.59. The van der Waals surface area contributed by atoms with E-state index in [4.69, 9.17) is 6.85 Å². The van der Waals surface area contributed by atoms with Crippen molar-refractivity contribution >= 4 is 34.4 Å². The molecule has 1 heterocycles. The Morgan fingerprint density at radius 1 is 0.714 bits per heavy atom. The summed E-state index contributed by atoms with van der Waals surface area (Å²) in [5, 5.41) is 20.9. The van der Waals surface area contributed by atoms with Crippen LogP contribution in [0.5, 0.6) is 0 Å². The SMILES string of the molecule is [2H]c1c([2H])c([2H])c(-c2ccc3c(c2)c2cc(B(O)O)ccc2n3-c2ccccc2)c([2H])c1[2H]. The average molecular weight is 368 g/mol. The van der Waals surface area contributed by atoms with Crippen molar-refractivity contribution < 1.29 is 16.9 Å². The molecule has 0 aliphatic rings. The van der Waals surface area contributed by atoms with Crippen LogP contribution < -0.4 is 5.46 Å². The van der Waals surface area contributed by atoms with Crippen molar-refractivity contribution in [1.82, 2.24) is 4.57 Å². The first-order valence-corrected chi connectivity index (χ1v) is 8.86. The van der Waals surface area contributed by atoms with E-state index in [1.54, 1.807) is 24.3 Å². The van der Waals surface area contributed by atoms with Gasteiger partial charge in [-0.3, -0.25) is 0 Å². The highest BCUT2D eigenvalue weighted by Gasteiger charge is 2.17. The molecule has 28 heavy (non-hydrogen) atoms. The molecule has 0 radical (unpaired) electrons. The fraction of sp³-hybridized carbons (Fsp3) is 0. The molecule has 0 saturated heterocycles. The molecule has 0 aliphatic heterocycles. The summed E-state index contributed by atoms with van der Waals surface area (Å²) in [6, 6.07) is 18.6. The second kappa shape index (κ2) is 6.68. The monoisotopic (exact) mass is 368 g/mol. The van der Waals surface area contributed by atoms with Gasteiger partial charge in [0.05, 0.1) is 17.9 Å². The van der Waals surface area contributed by atoms with Gasteiger partial charge >= 0.3 is 7.12 Å². The van der Waals surface area contributed by atoms with Gasteiger partial charge in [0, 0.05) is 16.5 Å². The van der Waals surface area contributed by atoms with E-state index in [1.165, 1.54) is 0 Å². The molecule has 0 bridgehead atoms. The minimum absolute atomic E-state index is 0.127. The Balaban J connectivity index is 1.88. The fourth-order valence-corrected chi connectivity index (χ4v) is 3.61. The average Bonchev–Trinajstić information content (AvgIpc) is 3.15. The maximum Gasteiger partial charge on any atom is 0.488 e. The van der Waals surface area contributed by atoms with Crippen molar-refractivity contribution in [2.45, 2.75) is 0 Å². The van der Waals surface area contributed by atoms with E-state index in [0.717, 1.165) is 27.5 Å². The van der Waals surface area contributed by atoms with Gasteiger partial charge in [-0.2, -0.15) is 0 Å². The zero-order valence-electron chi connectivity index (χ0n) is 19.8. The summed E-state index contributed by atoms with van der Waals surface area (Å²) in [4.78, 5) is 0. The summed E-state index contributed by atoms with van der Waals surface area (Å²) >= 11 is 0. The Bertz CT molecular complexity index is 1520. The predicted molar refractivity (Wildman–Crippen MR) is 116 cm³/mol. The van der Waals surface area contributed by atoms with Gasteiger partial charge in [-0.25, -0.2) is 0 Å². The quantitative estimate of drug-likeness (QED) is 0.471. The van der Waals surface area contributed by atoms with E-state index in [1.807, 2.05) is 47.0 Å². The molecule has 0 aliphatic carbocycles. The summed E-state index contributed by atoms with van der Waals surface area (Å²) in [6.07, 6.45) is 0. The second-order valence-corrected chi connectivity index (χ2v) is 6.55. The van der Waals surface area contributed by atoms with Crippen molar-refractivity contribution in [3.8, 4) is 16.8 Å². The van der Waals surface area contributed by atoms with Crippen LogP contribution in [0, 0.1) is 0 Å². The largest absolute Gasteiger partial charge is 0.488 e. The molecule has 1 aromatic heterocycles. The lowest BCUT2D eigenvalue weighted by atomic mass is 9.80. The molecule has 0 amide bonds. The summed E-state index contributed by atoms with van der Waals surface area (Å²) < 4.78 is 42.6. The minimum atomic E-state index is -1.63. The third kappa shape index (κ3) is 2.71. The highest BCUT2D eigenvalue weighted by Crippen LogP contribution is 2.34. The van der Waals surface area contributed by atoms with Crippen LogP contribution in [0.3, 0.4) is 0 Å². The molecule has 5 aromatic rings. The number of rotatable bonds is 3. The van der Waals surface area contributed by atoms with E-state index in [2.05, 4.69) is 0 Å². The Morgan fingerprint density at radius 3 is 2.11 bits per heavy atom. The smallest absolute Gasteiger partial charge is 0.423 e. The first kappa shape index (κ1) is 12.2. The number of hydrogen-bond acceptors (Lipinski definition) is 2. The van der Waals surface area contributed by atoms with Gasteiger partial charge in [0.1, 0.15) is 0 Å². The van der Waals surface area contributed by atoms with Gasteiger partial charge in [0.2, 0.25) is 0 Å². The Kier molecular flexibility index (Phi) is 2.91. The summed E-state index contributed by atoms with van der Waals surface area (Å²) in [7, 11) is -1.63. The Morgan fingerprint density at radius 2 is 1.39 bits per heavy atom. The van der Waals surface area contributed by atoms with Gasteiger partial charge in [-0.15, -0.1) is 0 Å². The molecular formula is C24H18BNO2. The minimum Gasteiger partial charge on any atom is -0.423 e. The Hall–Kier alpha value is -3.34. The summed E-state index contributed by atoms with van der Waals surface area (Å²) in [6.45, 7) is 0. The van der Waals surface area contributed by atoms with Crippen LogP contribution in [0.25, 0.3) is 38.6 Å². The number of aromatic nitrogens is 1. The van der Waals surface area contributed by atoms with E-state index in [0.29, 0.717) is 11.0 Å². The number of para-hydroxylation sites is 1. The number of fused-ring (bicyclic) bond motifs is 3. The number of benzene rings is 4. The second-order valence-electron chi connectivity index (χ2n) is 6.55. The lowest BCUT2D eigenvalue weighted by Gasteiger charge is -2.08. The fourth-order valence-electron chi connectivity index (χ4n) is 3.61. The third-order valence-corrected chi connectivity index (χ3v) is 4.89. The maximum absolute atomic E-state index is 9.71. The van der Waals surface area contributed by atoms with Gasteiger partial charge in [0.15, 0.2) is 0 Å². The molecule has 0 fully saturated rings. The molecule has 0 atom stereocenters. The summed E-state index contributed by atoms with van der Waals surface area (Å²) in [5.74, 6) is 0. The van der Waals surface area contributed by atoms with Crippen molar-refractivity contribution in [2.75, 3.05) is 0 Å². The van der Waals surface area contributed by atoms with Crippen molar-refractivity contribution in [2.24, 2.45) is 0 Å². The van der Waals surface area contributed by atoms with Gasteiger partial charge in [-0.05, 0) is 46.9 Å². The van der Waals surface area contributed by atoms with Crippen LogP contribution in [-0.4, -0.2) is 21.7 Å². The molecular weight excluding hydrogens is 345 g/mol. The van der Waals surface area contributed by atoms with Crippen molar-refractivity contribution in [3.63, 3.8) is 0 Å². The zero-order valence-corrected chi connectivity index (χ0v) is 14.8. The predicted octanol–water partition coefficient (Wildman–Crippen LogP) is 4.13. The van der Waals surface area contributed by atoms with Gasteiger partial charge in [0.25, 0.3) is 0 Å². The molecule has 0 saturated carbocycles. The third-order valence-electron chi connectivity index (χ3n) is 4.89. The molecule has 2 N–H and O–H groups in total. The maximum atomic E-state index is 9.71. The number of hydrogen-bond donors (Lipinski definition) is 2. The first-order chi connectivity index (χ1) is 15.8. The van der Waals surface area contributed by atoms with Crippen LogP contribution in [0.15, 0.2) is 96.9 Å². The molecule has 5 rings (SSSR count). The van der Waals surface area contributed by atoms with E-state index < -0.39 is 13.2 Å². The lowest BCUT2D eigenvalue weighted by molar-refractivity contribution is 0.426. The van der Waals surface area contributed by atoms with Crippen LogP contribution in [-0.2, 0) is 0 Å². The van der Waals surface area contributed by atoms with Crippen LogP contribution >= 0.6 is 0 Å². The molecule has 0 unspecified atom stereocenters. The first-order valence-electron chi connectivity index (χ1n) is 11.4. The van der Waals surface area contributed by atoms with Crippen LogP contribution in [0.1, 0.15) is 6.85 Å². The van der Waals surface area contributed by atoms with Crippen LogP contribution in [0.2, 0.25) is 0 Å². The van der Waals surface area contributed by atoms with Gasteiger partial charge < -0.3 is 14.6 Å².